The molecule has 1 aromatic carbocycles. The van der Waals surface area contributed by atoms with Gasteiger partial charge < -0.3 is 10.6 Å². The molecule has 0 aliphatic heterocycles. The molecule has 24 heavy (non-hydrogen) atoms. The average molecular weight is 374 g/mol. The molecule has 0 radical (unpaired) electrons. The summed E-state index contributed by atoms with van der Waals surface area (Å²) in [5, 5.41) is 9.26. The number of hydrogen-bond acceptors (Lipinski definition) is 2. The second kappa shape index (κ2) is 7.51. The van der Waals surface area contributed by atoms with Gasteiger partial charge in [0.2, 0.25) is 0 Å². The zero-order valence-electron chi connectivity index (χ0n) is 14.0. The van der Waals surface area contributed by atoms with E-state index in [0.29, 0.717) is 10.6 Å². The van der Waals surface area contributed by atoms with Crippen LogP contribution in [0.25, 0.3) is 0 Å². The van der Waals surface area contributed by atoms with E-state index in [4.69, 9.17) is 23.2 Å². The fourth-order valence-corrected chi connectivity index (χ4v) is 3.00. The van der Waals surface area contributed by atoms with Crippen molar-refractivity contribution in [3.05, 3.63) is 44.9 Å². The Bertz CT molecular complexity index is 776. The lowest BCUT2D eigenvalue weighted by Crippen LogP contribution is -2.86. The molecule has 0 spiro atoms. The number of aryl methyl sites for hydroxylation is 2. The largest absolute Gasteiger partial charge is 0.332 e. The first-order chi connectivity index (χ1) is 11.2. The van der Waals surface area contributed by atoms with E-state index in [0.717, 1.165) is 17.1 Å². The number of nitrogens with zero attached hydrogens (tertiary/aromatic N) is 2. The number of nitrogens with two attached hydrogens (primary N) is 1. The van der Waals surface area contributed by atoms with Crippen LogP contribution in [-0.2, 0) is 11.8 Å². The van der Waals surface area contributed by atoms with Crippen molar-refractivity contribution in [2.75, 3.05) is 11.9 Å². The summed E-state index contributed by atoms with van der Waals surface area (Å²) in [6.07, 6.45) is 0. The molecule has 2 rings (SSSR count). The van der Waals surface area contributed by atoms with E-state index in [1.54, 1.807) is 10.00 Å². The predicted molar refractivity (Wildman–Crippen MR) is 92.9 cm³/mol. The highest BCUT2D eigenvalue weighted by Crippen LogP contribution is 2.27. The van der Waals surface area contributed by atoms with Gasteiger partial charge in [-0.1, -0.05) is 23.2 Å². The van der Waals surface area contributed by atoms with Crippen molar-refractivity contribution in [3.8, 4) is 0 Å². The molecule has 130 valence electrons. The lowest BCUT2D eigenvalue weighted by Gasteiger charge is -2.13. The summed E-state index contributed by atoms with van der Waals surface area (Å²) in [6.45, 7) is 5.75. The molecule has 2 aromatic rings. The molecular formula is C16H20Cl2FN4O+. The maximum atomic E-state index is 13.6. The topological polar surface area (TPSA) is 63.5 Å². The van der Waals surface area contributed by atoms with Crippen molar-refractivity contribution in [3.63, 3.8) is 0 Å². The SMILES string of the molecule is Cc1nn(C)c(C)c1NC(=O)C[NH2+][C@@H](C)c1cc(F)c(Cl)cc1Cl. The van der Waals surface area contributed by atoms with Crippen molar-refractivity contribution < 1.29 is 14.5 Å². The van der Waals surface area contributed by atoms with Crippen LogP contribution in [-0.4, -0.2) is 22.2 Å². The Hall–Kier alpha value is -1.63. The maximum absolute atomic E-state index is 13.6. The lowest BCUT2D eigenvalue weighted by molar-refractivity contribution is -0.682. The summed E-state index contributed by atoms with van der Waals surface area (Å²) in [6, 6.07) is 2.49. The van der Waals surface area contributed by atoms with Crippen LogP contribution in [0.3, 0.4) is 0 Å². The molecule has 0 aliphatic rings. The highest BCUT2D eigenvalue weighted by molar-refractivity contribution is 6.35. The van der Waals surface area contributed by atoms with Gasteiger partial charge >= 0.3 is 0 Å². The smallest absolute Gasteiger partial charge is 0.279 e. The molecule has 0 saturated carbocycles. The standard InChI is InChI=1S/C16H19Cl2FN4O/c1-8(11-5-14(19)13(18)6-12(11)17)20-7-15(24)21-16-9(2)22-23(4)10(16)3/h5-6,8,20H,7H2,1-4H3,(H,21,24)/p+1/t8-/m0/s1. The first-order valence-corrected chi connectivity index (χ1v) is 8.24. The Morgan fingerprint density at radius 2 is 2.04 bits per heavy atom. The highest BCUT2D eigenvalue weighted by Gasteiger charge is 2.18. The molecule has 1 aromatic heterocycles. The molecule has 1 amide bonds. The van der Waals surface area contributed by atoms with E-state index in [9.17, 15) is 9.18 Å². The highest BCUT2D eigenvalue weighted by atomic mass is 35.5. The Morgan fingerprint density at radius 1 is 1.38 bits per heavy atom. The van der Waals surface area contributed by atoms with Gasteiger partial charge in [0.15, 0.2) is 6.54 Å². The predicted octanol–water partition coefficient (Wildman–Crippen LogP) is 2.75. The number of rotatable bonds is 5. The molecule has 1 heterocycles. The number of carbonyl (C=O) groups excluding carboxylic acids is 1. The summed E-state index contributed by atoms with van der Waals surface area (Å²) in [4.78, 5) is 12.2. The van der Waals surface area contributed by atoms with Gasteiger partial charge in [0.25, 0.3) is 5.91 Å². The Labute approximate surface area is 150 Å². The third kappa shape index (κ3) is 4.06. The van der Waals surface area contributed by atoms with E-state index in [1.165, 1.54) is 12.1 Å². The third-order valence-electron chi connectivity index (χ3n) is 3.96. The van der Waals surface area contributed by atoms with E-state index in [2.05, 4.69) is 10.4 Å². The van der Waals surface area contributed by atoms with Crippen molar-refractivity contribution in [2.24, 2.45) is 7.05 Å². The van der Waals surface area contributed by atoms with Crippen LogP contribution in [0.1, 0.15) is 29.9 Å². The van der Waals surface area contributed by atoms with Gasteiger partial charge in [-0.2, -0.15) is 5.10 Å². The molecule has 8 heteroatoms. The molecule has 5 nitrogen and oxygen atoms in total. The van der Waals surface area contributed by atoms with Crippen LogP contribution in [0.4, 0.5) is 10.1 Å². The van der Waals surface area contributed by atoms with Crippen LogP contribution in [0.15, 0.2) is 12.1 Å². The lowest BCUT2D eigenvalue weighted by atomic mass is 10.1. The molecule has 0 bridgehead atoms. The summed E-state index contributed by atoms with van der Waals surface area (Å²) < 4.78 is 15.3. The molecule has 3 N–H and O–H groups in total. The number of quaternary nitrogens is 1. The average Bonchev–Trinajstić information content (AvgIpc) is 2.75. The van der Waals surface area contributed by atoms with Crippen LogP contribution >= 0.6 is 23.2 Å². The minimum Gasteiger partial charge on any atom is -0.332 e. The van der Waals surface area contributed by atoms with Gasteiger partial charge in [-0.15, -0.1) is 0 Å². The van der Waals surface area contributed by atoms with E-state index < -0.39 is 5.82 Å². The zero-order valence-corrected chi connectivity index (χ0v) is 15.5. The number of anilines is 1. The molecule has 0 saturated heterocycles. The number of hydrogen-bond donors (Lipinski definition) is 2. The summed E-state index contributed by atoms with van der Waals surface area (Å²) in [7, 11) is 1.82. The van der Waals surface area contributed by atoms with Crippen molar-refractivity contribution >= 4 is 34.8 Å². The number of aromatic nitrogens is 2. The fraction of sp³-hybridized carbons (Fsp3) is 0.375. The third-order valence-corrected chi connectivity index (χ3v) is 4.58. The van der Waals surface area contributed by atoms with Crippen LogP contribution < -0.4 is 10.6 Å². The number of amides is 1. The number of nitrogens with one attached hydrogen (secondary N) is 1. The van der Waals surface area contributed by atoms with Crippen molar-refractivity contribution in [2.45, 2.75) is 26.8 Å². The molecule has 0 fully saturated rings. The van der Waals surface area contributed by atoms with Crippen molar-refractivity contribution in [1.29, 1.82) is 0 Å². The Kier molecular flexibility index (Phi) is 5.85. The van der Waals surface area contributed by atoms with E-state index in [-0.39, 0.29) is 23.5 Å². The number of halogens is 3. The van der Waals surface area contributed by atoms with E-state index >= 15 is 0 Å². The second-order valence-corrected chi connectivity index (χ2v) is 6.55. The van der Waals surface area contributed by atoms with Gasteiger partial charge in [-0.25, -0.2) is 4.39 Å². The normalized spacial score (nSPS) is 12.3. The maximum Gasteiger partial charge on any atom is 0.279 e. The zero-order chi connectivity index (χ0) is 18.0. The van der Waals surface area contributed by atoms with Gasteiger partial charge in [-0.05, 0) is 32.9 Å². The van der Waals surface area contributed by atoms with Crippen molar-refractivity contribution in [1.82, 2.24) is 9.78 Å². The minimum atomic E-state index is -0.526. The monoisotopic (exact) mass is 373 g/mol. The van der Waals surface area contributed by atoms with Crippen LogP contribution in [0, 0.1) is 19.7 Å². The first-order valence-electron chi connectivity index (χ1n) is 7.48. The summed E-state index contributed by atoms with van der Waals surface area (Å²) >= 11 is 11.8. The Balaban J connectivity index is 2.00. The molecule has 1 atom stereocenters. The fourth-order valence-electron chi connectivity index (χ4n) is 2.44. The van der Waals surface area contributed by atoms with Crippen LogP contribution in [0.5, 0.6) is 0 Å². The molecular weight excluding hydrogens is 354 g/mol. The van der Waals surface area contributed by atoms with Gasteiger partial charge in [-0.3, -0.25) is 9.48 Å². The summed E-state index contributed by atoms with van der Waals surface area (Å²) in [5.41, 5.74) is 2.97. The molecule has 0 unspecified atom stereocenters. The quantitative estimate of drug-likeness (QED) is 0.791. The minimum absolute atomic E-state index is 0.0174. The number of carbonyl (C=O) groups is 1. The van der Waals surface area contributed by atoms with E-state index in [1.807, 2.05) is 27.8 Å². The van der Waals surface area contributed by atoms with Gasteiger partial charge in [0.1, 0.15) is 11.9 Å². The van der Waals surface area contributed by atoms with Gasteiger partial charge in [0.05, 0.1) is 27.1 Å². The number of benzene rings is 1. The Morgan fingerprint density at radius 3 is 2.62 bits per heavy atom. The first kappa shape index (κ1) is 18.7. The second-order valence-electron chi connectivity index (χ2n) is 5.73. The van der Waals surface area contributed by atoms with Gasteiger partial charge in [0, 0.05) is 12.6 Å². The molecule has 0 aliphatic carbocycles. The van der Waals surface area contributed by atoms with Crippen LogP contribution in [0.2, 0.25) is 10.0 Å². The summed E-state index contributed by atoms with van der Waals surface area (Å²) in [5.74, 6) is -0.686.